The largest absolute Gasteiger partial charge is 0.493 e. The fourth-order valence-corrected chi connectivity index (χ4v) is 5.29. The van der Waals surface area contributed by atoms with Crippen LogP contribution < -0.4 is 10.5 Å². The number of amidine groups is 2. The summed E-state index contributed by atoms with van der Waals surface area (Å²) in [5.74, 6) is 0.224. The summed E-state index contributed by atoms with van der Waals surface area (Å²) in [7, 11) is 0. The summed E-state index contributed by atoms with van der Waals surface area (Å²) in [6.45, 7) is 4.15. The van der Waals surface area contributed by atoms with Crippen LogP contribution in [0.25, 0.3) is 10.1 Å². The molecule has 172 valence electrons. The van der Waals surface area contributed by atoms with Gasteiger partial charge in [-0.25, -0.2) is 0 Å². The number of nitrogens with one attached hydrogen (secondary N) is 2. The van der Waals surface area contributed by atoms with E-state index in [9.17, 15) is 9.90 Å². The number of carboxylic acids is 1. The Morgan fingerprint density at radius 3 is 2.64 bits per heavy atom. The van der Waals surface area contributed by atoms with Gasteiger partial charge in [0.15, 0.2) is 0 Å². The van der Waals surface area contributed by atoms with Crippen molar-refractivity contribution in [1.82, 2.24) is 4.90 Å². The number of carboxylic acid groups (broad SMARTS) is 1. The molecule has 1 unspecified atom stereocenters. The second-order valence-electron chi connectivity index (χ2n) is 8.54. The zero-order valence-electron chi connectivity index (χ0n) is 18.5. The van der Waals surface area contributed by atoms with Crippen LogP contribution in [0.4, 0.5) is 0 Å². The molecule has 1 fully saturated rings. The molecule has 8 heteroatoms. The van der Waals surface area contributed by atoms with Crippen molar-refractivity contribution in [3.05, 3.63) is 64.5 Å². The SMILES string of the molecule is CC(=N)N1CCC(COc2ccc([C@H](Cc3cc4cc(C(=N)N)ccc4s3)C(=O)O)cc2)C1. The van der Waals surface area contributed by atoms with E-state index in [1.807, 2.05) is 55.5 Å². The fourth-order valence-electron chi connectivity index (χ4n) is 4.20. The molecule has 2 heterocycles. The van der Waals surface area contributed by atoms with E-state index in [1.54, 1.807) is 11.3 Å². The summed E-state index contributed by atoms with van der Waals surface area (Å²) in [5.41, 5.74) is 6.98. The number of hydrogen-bond donors (Lipinski definition) is 4. The van der Waals surface area contributed by atoms with Crippen LogP contribution in [-0.4, -0.2) is 47.3 Å². The predicted octanol–water partition coefficient (Wildman–Crippen LogP) is 4.29. The molecule has 7 nitrogen and oxygen atoms in total. The number of nitrogens with zero attached hydrogens (tertiary/aromatic N) is 1. The number of nitrogens with two attached hydrogens (primary N) is 1. The van der Waals surface area contributed by atoms with Crippen LogP contribution in [0, 0.1) is 16.7 Å². The first-order valence-electron chi connectivity index (χ1n) is 10.9. The second kappa shape index (κ2) is 9.62. The zero-order chi connectivity index (χ0) is 23.5. The maximum atomic E-state index is 12.0. The van der Waals surface area contributed by atoms with Gasteiger partial charge in [0.05, 0.1) is 18.4 Å². The lowest BCUT2D eigenvalue weighted by Gasteiger charge is -2.17. The van der Waals surface area contributed by atoms with Crippen LogP contribution in [0.15, 0.2) is 48.5 Å². The van der Waals surface area contributed by atoms with Crippen molar-refractivity contribution in [2.45, 2.75) is 25.7 Å². The number of nitrogen functional groups attached to an aromatic ring is 1. The number of thiophene rings is 1. The lowest BCUT2D eigenvalue weighted by molar-refractivity contribution is -0.138. The molecule has 33 heavy (non-hydrogen) atoms. The van der Waals surface area contributed by atoms with Crippen molar-refractivity contribution in [2.75, 3.05) is 19.7 Å². The van der Waals surface area contributed by atoms with Gasteiger partial charge in [0.1, 0.15) is 11.6 Å². The average molecular weight is 465 g/mol. The van der Waals surface area contributed by atoms with Gasteiger partial charge in [0, 0.05) is 34.1 Å². The molecule has 0 aliphatic carbocycles. The topological polar surface area (TPSA) is 123 Å². The number of likely N-dealkylation sites (tertiary alicyclic amines) is 1. The molecule has 0 spiro atoms. The number of aliphatic carboxylic acids is 1. The zero-order valence-corrected chi connectivity index (χ0v) is 19.3. The maximum absolute atomic E-state index is 12.0. The number of fused-ring (bicyclic) bond motifs is 1. The minimum atomic E-state index is -0.862. The van der Waals surface area contributed by atoms with Gasteiger partial charge in [0.25, 0.3) is 0 Å². The molecule has 5 N–H and O–H groups in total. The molecular weight excluding hydrogens is 436 g/mol. The average Bonchev–Trinajstić information content (AvgIpc) is 3.42. The van der Waals surface area contributed by atoms with Gasteiger partial charge in [-0.2, -0.15) is 0 Å². The maximum Gasteiger partial charge on any atom is 0.311 e. The molecule has 1 saturated heterocycles. The van der Waals surface area contributed by atoms with Crippen LogP contribution in [-0.2, 0) is 11.2 Å². The molecule has 0 bridgehead atoms. The van der Waals surface area contributed by atoms with Crippen LogP contribution in [0.1, 0.15) is 35.3 Å². The predicted molar refractivity (Wildman–Crippen MR) is 132 cm³/mol. The first kappa shape index (κ1) is 22.8. The third-order valence-corrected chi connectivity index (χ3v) is 7.25. The van der Waals surface area contributed by atoms with Crippen molar-refractivity contribution in [2.24, 2.45) is 11.7 Å². The quantitative estimate of drug-likeness (QED) is 0.292. The molecule has 1 aliphatic heterocycles. The third kappa shape index (κ3) is 5.34. The summed E-state index contributed by atoms with van der Waals surface area (Å²) >= 11 is 1.57. The van der Waals surface area contributed by atoms with E-state index in [4.69, 9.17) is 21.3 Å². The van der Waals surface area contributed by atoms with Gasteiger partial charge in [-0.1, -0.05) is 12.1 Å². The summed E-state index contributed by atoms with van der Waals surface area (Å²) < 4.78 is 6.98. The Kier molecular flexibility index (Phi) is 6.65. The van der Waals surface area contributed by atoms with Gasteiger partial charge < -0.3 is 20.5 Å². The molecule has 3 aromatic rings. The Balaban J connectivity index is 1.42. The number of benzene rings is 2. The summed E-state index contributed by atoms with van der Waals surface area (Å²) in [5, 5.41) is 26.2. The normalized spacial score (nSPS) is 16.6. The minimum absolute atomic E-state index is 0.0189. The van der Waals surface area contributed by atoms with E-state index in [0.29, 0.717) is 30.3 Å². The molecule has 1 aromatic heterocycles. The lowest BCUT2D eigenvalue weighted by Crippen LogP contribution is -2.26. The third-order valence-electron chi connectivity index (χ3n) is 6.11. The van der Waals surface area contributed by atoms with Gasteiger partial charge in [-0.3, -0.25) is 15.6 Å². The Bertz CT molecular complexity index is 1190. The summed E-state index contributed by atoms with van der Waals surface area (Å²) in [4.78, 5) is 15.1. The van der Waals surface area contributed by atoms with Crippen molar-refractivity contribution >= 4 is 39.1 Å². The molecular formula is C25H28N4O3S. The number of ether oxygens (including phenoxy) is 1. The van der Waals surface area contributed by atoms with Crippen LogP contribution in [0.2, 0.25) is 0 Å². The van der Waals surface area contributed by atoms with E-state index in [0.717, 1.165) is 45.8 Å². The first-order chi connectivity index (χ1) is 15.8. The highest BCUT2D eigenvalue weighted by atomic mass is 32.1. The van der Waals surface area contributed by atoms with Gasteiger partial charge in [-0.15, -0.1) is 11.3 Å². The van der Waals surface area contributed by atoms with Gasteiger partial charge in [0.2, 0.25) is 0 Å². The second-order valence-corrected chi connectivity index (χ2v) is 9.71. The number of carbonyl (C=O) groups is 1. The molecule has 0 amide bonds. The van der Waals surface area contributed by atoms with Crippen LogP contribution >= 0.6 is 11.3 Å². The lowest BCUT2D eigenvalue weighted by atomic mass is 9.95. The van der Waals surface area contributed by atoms with Gasteiger partial charge >= 0.3 is 5.97 Å². The van der Waals surface area contributed by atoms with E-state index in [-0.39, 0.29) is 5.84 Å². The molecule has 4 rings (SSSR count). The summed E-state index contributed by atoms with van der Waals surface area (Å²) in [6, 6.07) is 14.9. The highest BCUT2D eigenvalue weighted by Gasteiger charge is 2.24. The Morgan fingerprint density at radius 2 is 2.00 bits per heavy atom. The standard InChI is InChI=1S/C25H28N4O3S/c1-15(26)29-9-8-16(13-29)14-32-20-5-2-17(3-6-20)22(25(30)31)12-21-11-19-10-18(24(27)28)4-7-23(19)33-21/h2-7,10-11,16,22,26H,8-9,12-14H2,1H3,(H3,27,28)(H,30,31)/t16?,22-/m0/s1. The molecule has 1 aliphatic rings. The Morgan fingerprint density at radius 1 is 1.24 bits per heavy atom. The Labute approximate surface area is 196 Å². The van der Waals surface area contributed by atoms with Crippen LogP contribution in [0.5, 0.6) is 5.75 Å². The number of rotatable bonds is 8. The molecule has 2 aromatic carbocycles. The van der Waals surface area contributed by atoms with E-state index < -0.39 is 11.9 Å². The summed E-state index contributed by atoms with van der Waals surface area (Å²) in [6.07, 6.45) is 1.41. The van der Waals surface area contributed by atoms with Crippen molar-refractivity contribution in [3.63, 3.8) is 0 Å². The molecule has 2 atom stereocenters. The minimum Gasteiger partial charge on any atom is -0.493 e. The van der Waals surface area contributed by atoms with E-state index in [2.05, 4.69) is 4.90 Å². The van der Waals surface area contributed by atoms with Crippen molar-refractivity contribution in [1.29, 1.82) is 10.8 Å². The smallest absolute Gasteiger partial charge is 0.311 e. The molecule has 0 saturated carbocycles. The Hall–Kier alpha value is -3.39. The van der Waals surface area contributed by atoms with Gasteiger partial charge in [-0.05, 0) is 67.1 Å². The highest BCUT2D eigenvalue weighted by molar-refractivity contribution is 7.19. The highest BCUT2D eigenvalue weighted by Crippen LogP contribution is 2.32. The first-order valence-corrected chi connectivity index (χ1v) is 11.7. The van der Waals surface area contributed by atoms with Crippen molar-refractivity contribution < 1.29 is 14.6 Å². The van der Waals surface area contributed by atoms with E-state index in [1.165, 1.54) is 0 Å². The van der Waals surface area contributed by atoms with Crippen LogP contribution in [0.3, 0.4) is 0 Å². The monoisotopic (exact) mass is 464 g/mol. The number of hydrogen-bond acceptors (Lipinski definition) is 5. The van der Waals surface area contributed by atoms with E-state index >= 15 is 0 Å². The van der Waals surface area contributed by atoms with Crippen molar-refractivity contribution in [3.8, 4) is 5.75 Å². The molecule has 0 radical (unpaired) electrons. The fraction of sp³-hybridized carbons (Fsp3) is 0.320.